The van der Waals surface area contributed by atoms with E-state index in [2.05, 4.69) is 4.90 Å². The van der Waals surface area contributed by atoms with Gasteiger partial charge >= 0.3 is 5.97 Å². The quantitative estimate of drug-likeness (QED) is 0.576. The maximum Gasteiger partial charge on any atom is 0.303 e. The third kappa shape index (κ3) is 9.48. The van der Waals surface area contributed by atoms with Gasteiger partial charge in [-0.15, -0.1) is 0 Å². The predicted octanol–water partition coefficient (Wildman–Crippen LogP) is 0.944. The molecule has 0 aliphatic carbocycles. The third-order valence-electron chi connectivity index (χ3n) is 2.01. The van der Waals surface area contributed by atoms with Crippen molar-refractivity contribution in [2.75, 3.05) is 20.1 Å². The fraction of sp³-hybridized carbons (Fsp3) is 0.900. The van der Waals surface area contributed by atoms with Gasteiger partial charge in [-0.1, -0.05) is 6.42 Å². The zero-order valence-corrected chi connectivity index (χ0v) is 9.07. The molecule has 0 aliphatic rings. The second kappa shape index (κ2) is 7.76. The van der Waals surface area contributed by atoms with Gasteiger partial charge in [-0.05, 0) is 33.4 Å². The number of aliphatic carboxylic acids is 1. The fourth-order valence-electron chi connectivity index (χ4n) is 1.38. The minimum Gasteiger partial charge on any atom is -0.481 e. The Kier molecular flexibility index (Phi) is 7.42. The van der Waals surface area contributed by atoms with Crippen LogP contribution in [0.25, 0.3) is 0 Å². The fourth-order valence-corrected chi connectivity index (χ4v) is 1.38. The molecule has 0 aromatic carbocycles. The van der Waals surface area contributed by atoms with E-state index < -0.39 is 5.97 Å². The van der Waals surface area contributed by atoms with Crippen LogP contribution in [0.2, 0.25) is 0 Å². The van der Waals surface area contributed by atoms with Gasteiger partial charge < -0.3 is 15.1 Å². The first-order chi connectivity index (χ1) is 6.52. The van der Waals surface area contributed by atoms with Crippen molar-refractivity contribution in [2.45, 2.75) is 38.7 Å². The molecule has 14 heavy (non-hydrogen) atoms. The Morgan fingerprint density at radius 2 is 2.00 bits per heavy atom. The van der Waals surface area contributed by atoms with Gasteiger partial charge in [0.2, 0.25) is 0 Å². The van der Waals surface area contributed by atoms with Crippen LogP contribution in [0, 0.1) is 0 Å². The summed E-state index contributed by atoms with van der Waals surface area (Å²) in [5.74, 6) is -0.720. The maximum atomic E-state index is 10.2. The van der Waals surface area contributed by atoms with Crippen molar-refractivity contribution in [2.24, 2.45) is 0 Å². The van der Waals surface area contributed by atoms with Crippen LogP contribution in [-0.4, -0.2) is 47.3 Å². The second-order valence-corrected chi connectivity index (χ2v) is 3.82. The lowest BCUT2D eigenvalue weighted by Crippen LogP contribution is -2.28. The molecule has 0 amide bonds. The minimum absolute atomic E-state index is 0.264. The zero-order valence-electron chi connectivity index (χ0n) is 9.07. The average molecular weight is 203 g/mol. The van der Waals surface area contributed by atoms with Crippen LogP contribution in [0.4, 0.5) is 0 Å². The number of aliphatic hydroxyl groups excluding tert-OH is 1. The van der Waals surface area contributed by atoms with Crippen molar-refractivity contribution in [1.82, 2.24) is 4.90 Å². The molecule has 0 aliphatic heterocycles. The number of likely N-dealkylation sites (N-methyl/N-ethyl adjacent to an activating group) is 1. The number of carboxylic acid groups (broad SMARTS) is 1. The van der Waals surface area contributed by atoms with Gasteiger partial charge in [0.1, 0.15) is 0 Å². The van der Waals surface area contributed by atoms with Gasteiger partial charge in [-0.2, -0.15) is 0 Å². The molecule has 0 rings (SSSR count). The number of carbonyl (C=O) groups is 1. The molecule has 1 unspecified atom stereocenters. The number of carboxylic acids is 1. The van der Waals surface area contributed by atoms with Crippen molar-refractivity contribution in [3.8, 4) is 0 Å². The molecule has 4 nitrogen and oxygen atoms in total. The SMILES string of the molecule is CC(O)CN(C)CCCCCC(=O)O. The highest BCUT2D eigenvalue weighted by molar-refractivity contribution is 5.66. The van der Waals surface area contributed by atoms with Crippen LogP contribution < -0.4 is 0 Å². The summed E-state index contributed by atoms with van der Waals surface area (Å²) in [7, 11) is 1.96. The average Bonchev–Trinajstić information content (AvgIpc) is 2.01. The Labute approximate surface area is 85.5 Å². The molecule has 0 aromatic heterocycles. The Hall–Kier alpha value is -0.610. The summed E-state index contributed by atoms with van der Waals surface area (Å²) in [4.78, 5) is 12.3. The molecular weight excluding hydrogens is 182 g/mol. The molecule has 0 fully saturated rings. The highest BCUT2D eigenvalue weighted by atomic mass is 16.4. The van der Waals surface area contributed by atoms with Crippen molar-refractivity contribution in [3.63, 3.8) is 0 Å². The Morgan fingerprint density at radius 1 is 1.36 bits per heavy atom. The van der Waals surface area contributed by atoms with Gasteiger partial charge in [0.15, 0.2) is 0 Å². The Balaban J connectivity index is 3.23. The van der Waals surface area contributed by atoms with Crippen LogP contribution in [0.1, 0.15) is 32.6 Å². The lowest BCUT2D eigenvalue weighted by molar-refractivity contribution is -0.137. The van der Waals surface area contributed by atoms with Crippen LogP contribution in [0.3, 0.4) is 0 Å². The van der Waals surface area contributed by atoms with Gasteiger partial charge in [-0.25, -0.2) is 0 Å². The molecule has 2 N–H and O–H groups in total. The topological polar surface area (TPSA) is 60.8 Å². The first kappa shape index (κ1) is 13.4. The van der Waals surface area contributed by atoms with Crippen molar-refractivity contribution < 1.29 is 15.0 Å². The summed E-state index contributed by atoms with van der Waals surface area (Å²) in [5, 5.41) is 17.5. The molecule has 4 heteroatoms. The lowest BCUT2D eigenvalue weighted by atomic mass is 10.2. The molecule has 0 bridgehead atoms. The van der Waals surface area contributed by atoms with Crippen molar-refractivity contribution in [1.29, 1.82) is 0 Å². The Bertz CT molecular complexity index is 159. The first-order valence-corrected chi connectivity index (χ1v) is 5.10. The summed E-state index contributed by atoms with van der Waals surface area (Å²) in [6.45, 7) is 3.37. The van der Waals surface area contributed by atoms with E-state index in [-0.39, 0.29) is 12.5 Å². The van der Waals surface area contributed by atoms with Gasteiger partial charge in [0.05, 0.1) is 6.10 Å². The lowest BCUT2D eigenvalue weighted by Gasteiger charge is -2.17. The second-order valence-electron chi connectivity index (χ2n) is 3.82. The van der Waals surface area contributed by atoms with Crippen LogP contribution in [0.15, 0.2) is 0 Å². The van der Waals surface area contributed by atoms with Gasteiger partial charge in [0.25, 0.3) is 0 Å². The molecule has 0 saturated heterocycles. The number of nitrogens with zero attached hydrogens (tertiary/aromatic N) is 1. The van der Waals surface area contributed by atoms with Crippen LogP contribution in [0.5, 0.6) is 0 Å². The van der Waals surface area contributed by atoms with Crippen LogP contribution in [-0.2, 0) is 4.79 Å². The van der Waals surface area contributed by atoms with E-state index in [9.17, 15) is 4.79 Å². The number of hydrogen-bond donors (Lipinski definition) is 2. The monoisotopic (exact) mass is 203 g/mol. The van der Waals surface area contributed by atoms with Crippen molar-refractivity contribution in [3.05, 3.63) is 0 Å². The minimum atomic E-state index is -0.720. The van der Waals surface area contributed by atoms with E-state index in [1.54, 1.807) is 6.92 Å². The van der Waals surface area contributed by atoms with Crippen LogP contribution >= 0.6 is 0 Å². The van der Waals surface area contributed by atoms with E-state index in [1.165, 1.54) is 0 Å². The molecule has 0 heterocycles. The summed E-state index contributed by atoms with van der Waals surface area (Å²) >= 11 is 0. The Morgan fingerprint density at radius 3 is 2.50 bits per heavy atom. The van der Waals surface area contributed by atoms with E-state index in [0.717, 1.165) is 25.8 Å². The molecule has 1 atom stereocenters. The van der Waals surface area contributed by atoms with Gasteiger partial charge in [-0.3, -0.25) is 4.79 Å². The number of aliphatic hydroxyl groups is 1. The molecule has 84 valence electrons. The van der Waals surface area contributed by atoms with Crippen molar-refractivity contribution >= 4 is 5.97 Å². The number of unbranched alkanes of at least 4 members (excludes halogenated alkanes) is 2. The van der Waals surface area contributed by atoms with E-state index >= 15 is 0 Å². The van der Waals surface area contributed by atoms with Gasteiger partial charge in [0, 0.05) is 13.0 Å². The first-order valence-electron chi connectivity index (χ1n) is 5.10. The summed E-state index contributed by atoms with van der Waals surface area (Å²) < 4.78 is 0. The number of hydrogen-bond acceptors (Lipinski definition) is 3. The predicted molar refractivity (Wildman–Crippen MR) is 55.3 cm³/mol. The molecule has 0 saturated carbocycles. The summed E-state index contributed by atoms with van der Waals surface area (Å²) in [6, 6.07) is 0. The third-order valence-corrected chi connectivity index (χ3v) is 2.01. The highest BCUT2D eigenvalue weighted by Gasteiger charge is 2.02. The number of rotatable bonds is 8. The molecular formula is C10H21NO3. The smallest absolute Gasteiger partial charge is 0.303 e. The standard InChI is InChI=1S/C10H21NO3/c1-9(12)8-11(2)7-5-3-4-6-10(13)14/h9,12H,3-8H2,1-2H3,(H,13,14). The summed E-state index contributed by atoms with van der Waals surface area (Å²) in [6.07, 6.45) is 2.66. The molecule has 0 spiro atoms. The van der Waals surface area contributed by atoms with E-state index in [0.29, 0.717) is 6.54 Å². The van der Waals surface area contributed by atoms with E-state index in [1.807, 2.05) is 7.05 Å². The molecule has 0 aromatic rings. The highest BCUT2D eigenvalue weighted by Crippen LogP contribution is 2.01. The summed E-state index contributed by atoms with van der Waals surface area (Å²) in [5.41, 5.74) is 0. The largest absolute Gasteiger partial charge is 0.481 e. The normalized spacial score (nSPS) is 13.1. The maximum absolute atomic E-state index is 10.2. The van der Waals surface area contributed by atoms with E-state index in [4.69, 9.17) is 10.2 Å². The zero-order chi connectivity index (χ0) is 11.0. The molecule has 0 radical (unpaired) electrons.